The Balaban J connectivity index is 2.83. The van der Waals surface area contributed by atoms with E-state index < -0.39 is 31.1 Å². The summed E-state index contributed by atoms with van der Waals surface area (Å²) in [5.74, 6) is -2.51. The summed E-state index contributed by atoms with van der Waals surface area (Å²) < 4.78 is 36.5. The molecule has 2 N–H and O–H groups in total. The zero-order valence-corrected chi connectivity index (χ0v) is 8.49. The number of carbonyl (C=O) groups excluding carboxylic acids is 1. The number of H-pyrrole nitrogens is 1. The summed E-state index contributed by atoms with van der Waals surface area (Å²) in [5, 5.41) is 8.46. The molecule has 94 valence electrons. The fourth-order valence-electron chi connectivity index (χ4n) is 1.21. The number of amides is 1. The number of hydrogen-bond acceptors (Lipinski definition) is 2. The first-order valence-corrected chi connectivity index (χ1v) is 4.51. The molecule has 0 radical (unpaired) electrons. The van der Waals surface area contributed by atoms with Gasteiger partial charge >= 0.3 is 12.1 Å². The lowest BCUT2D eigenvalue weighted by atomic mass is 10.3. The van der Waals surface area contributed by atoms with Gasteiger partial charge in [-0.2, -0.15) is 13.2 Å². The normalized spacial score (nSPS) is 11.2. The lowest BCUT2D eigenvalue weighted by molar-refractivity contribution is -0.149. The lowest BCUT2D eigenvalue weighted by Gasteiger charge is -2.21. The average Bonchev–Trinajstić information content (AvgIpc) is 2.65. The van der Waals surface area contributed by atoms with Gasteiger partial charge in [-0.15, -0.1) is 0 Å². The number of alkyl halides is 3. The van der Waals surface area contributed by atoms with Gasteiger partial charge < -0.3 is 15.0 Å². The SMILES string of the molecule is O=C(O)CN(CC(F)(F)F)C(=O)c1ccc[nH]1. The smallest absolute Gasteiger partial charge is 0.406 e. The third-order valence-electron chi connectivity index (χ3n) is 1.81. The molecule has 17 heavy (non-hydrogen) atoms. The summed E-state index contributed by atoms with van der Waals surface area (Å²) in [6.07, 6.45) is -3.28. The van der Waals surface area contributed by atoms with Crippen LogP contribution in [0, 0.1) is 0 Å². The largest absolute Gasteiger partial charge is 0.480 e. The van der Waals surface area contributed by atoms with Crippen LogP contribution in [-0.4, -0.2) is 46.1 Å². The molecule has 0 atom stereocenters. The van der Waals surface area contributed by atoms with Crippen molar-refractivity contribution in [1.82, 2.24) is 9.88 Å². The molecular weight excluding hydrogens is 241 g/mol. The molecule has 0 spiro atoms. The maximum absolute atomic E-state index is 12.2. The Morgan fingerprint density at radius 2 is 2.06 bits per heavy atom. The van der Waals surface area contributed by atoms with Gasteiger partial charge in [0.05, 0.1) is 0 Å². The number of carboxylic acids is 1. The van der Waals surface area contributed by atoms with Crippen LogP contribution in [-0.2, 0) is 4.79 Å². The molecule has 0 unspecified atom stereocenters. The summed E-state index contributed by atoms with van der Waals surface area (Å²) in [4.78, 5) is 24.6. The standard InChI is InChI=1S/C9H9F3N2O3/c10-9(11,12)5-14(4-7(15)16)8(17)6-2-1-3-13-6/h1-3,13H,4-5H2,(H,15,16). The Morgan fingerprint density at radius 3 is 2.47 bits per heavy atom. The van der Waals surface area contributed by atoms with Crippen LogP contribution in [0.1, 0.15) is 10.5 Å². The van der Waals surface area contributed by atoms with E-state index in [-0.39, 0.29) is 10.6 Å². The fourth-order valence-corrected chi connectivity index (χ4v) is 1.21. The Kier molecular flexibility index (Phi) is 3.77. The van der Waals surface area contributed by atoms with Crippen LogP contribution >= 0.6 is 0 Å². The molecule has 1 aromatic heterocycles. The van der Waals surface area contributed by atoms with E-state index in [9.17, 15) is 22.8 Å². The number of rotatable bonds is 4. The third kappa shape index (κ3) is 4.17. The molecule has 1 rings (SSSR count). The highest BCUT2D eigenvalue weighted by molar-refractivity contribution is 5.94. The molecule has 1 aromatic rings. The quantitative estimate of drug-likeness (QED) is 0.840. The van der Waals surface area contributed by atoms with E-state index in [1.165, 1.54) is 18.3 Å². The first kappa shape index (κ1) is 13.1. The molecule has 1 amide bonds. The number of nitrogens with zero attached hydrogens (tertiary/aromatic N) is 1. The van der Waals surface area contributed by atoms with E-state index in [1.54, 1.807) is 0 Å². The Morgan fingerprint density at radius 1 is 1.41 bits per heavy atom. The molecule has 5 nitrogen and oxygen atoms in total. The van der Waals surface area contributed by atoms with Gasteiger partial charge in [0.1, 0.15) is 18.8 Å². The van der Waals surface area contributed by atoms with E-state index in [2.05, 4.69) is 4.98 Å². The van der Waals surface area contributed by atoms with Crippen LogP contribution in [0.5, 0.6) is 0 Å². The molecule has 0 aliphatic rings. The first-order valence-electron chi connectivity index (χ1n) is 4.51. The van der Waals surface area contributed by atoms with Gasteiger partial charge in [-0.05, 0) is 12.1 Å². The summed E-state index contributed by atoms with van der Waals surface area (Å²) in [6, 6.07) is 2.70. The maximum atomic E-state index is 12.2. The van der Waals surface area contributed by atoms with E-state index in [0.717, 1.165) is 0 Å². The van der Waals surface area contributed by atoms with Crippen LogP contribution in [0.25, 0.3) is 0 Å². The van der Waals surface area contributed by atoms with Gasteiger partial charge in [0, 0.05) is 6.20 Å². The van der Waals surface area contributed by atoms with Crippen LogP contribution in [0.3, 0.4) is 0 Å². The van der Waals surface area contributed by atoms with Gasteiger partial charge in [-0.1, -0.05) is 0 Å². The number of carboxylic acid groups (broad SMARTS) is 1. The molecule has 1 heterocycles. The molecule has 8 heteroatoms. The summed E-state index contributed by atoms with van der Waals surface area (Å²) in [6.45, 7) is -2.60. The van der Waals surface area contributed by atoms with Gasteiger partial charge in [0.2, 0.25) is 0 Å². The van der Waals surface area contributed by atoms with Crippen molar-refractivity contribution in [2.45, 2.75) is 6.18 Å². The van der Waals surface area contributed by atoms with Crippen molar-refractivity contribution in [3.8, 4) is 0 Å². The van der Waals surface area contributed by atoms with E-state index in [1.807, 2.05) is 0 Å². The number of nitrogens with one attached hydrogen (secondary N) is 1. The lowest BCUT2D eigenvalue weighted by Crippen LogP contribution is -2.42. The second kappa shape index (κ2) is 4.89. The second-order valence-corrected chi connectivity index (χ2v) is 3.25. The number of carbonyl (C=O) groups is 2. The molecule has 0 aliphatic heterocycles. The van der Waals surface area contributed by atoms with Crippen molar-refractivity contribution < 1.29 is 27.9 Å². The molecular formula is C9H9F3N2O3. The number of halogens is 3. The van der Waals surface area contributed by atoms with Crippen molar-refractivity contribution >= 4 is 11.9 Å². The average molecular weight is 250 g/mol. The van der Waals surface area contributed by atoms with Crippen LogP contribution < -0.4 is 0 Å². The summed E-state index contributed by atoms with van der Waals surface area (Å²) in [7, 11) is 0. The zero-order chi connectivity index (χ0) is 13.1. The van der Waals surface area contributed by atoms with E-state index >= 15 is 0 Å². The predicted molar refractivity (Wildman–Crippen MR) is 50.4 cm³/mol. The van der Waals surface area contributed by atoms with Gasteiger partial charge in [0.25, 0.3) is 5.91 Å². The predicted octanol–water partition coefficient (Wildman–Crippen LogP) is 1.10. The summed E-state index contributed by atoms with van der Waals surface area (Å²) in [5.41, 5.74) is -0.0875. The minimum absolute atomic E-state index is 0.0875. The molecule has 0 saturated heterocycles. The van der Waals surface area contributed by atoms with E-state index in [4.69, 9.17) is 5.11 Å². The minimum atomic E-state index is -4.64. The van der Waals surface area contributed by atoms with Crippen LogP contribution in [0.15, 0.2) is 18.3 Å². The van der Waals surface area contributed by atoms with Crippen LogP contribution in [0.4, 0.5) is 13.2 Å². The number of aromatic nitrogens is 1. The number of aliphatic carboxylic acids is 1. The van der Waals surface area contributed by atoms with E-state index in [0.29, 0.717) is 0 Å². The van der Waals surface area contributed by atoms with Gasteiger partial charge in [0.15, 0.2) is 0 Å². The second-order valence-electron chi connectivity index (χ2n) is 3.25. The monoisotopic (exact) mass is 250 g/mol. The van der Waals surface area contributed by atoms with Crippen LogP contribution in [0.2, 0.25) is 0 Å². The fraction of sp³-hybridized carbons (Fsp3) is 0.333. The molecule has 0 aliphatic carbocycles. The van der Waals surface area contributed by atoms with Gasteiger partial charge in [-0.25, -0.2) is 0 Å². The van der Waals surface area contributed by atoms with Crippen molar-refractivity contribution in [1.29, 1.82) is 0 Å². The number of hydrogen-bond donors (Lipinski definition) is 2. The van der Waals surface area contributed by atoms with Gasteiger partial charge in [-0.3, -0.25) is 9.59 Å². The molecule has 0 bridgehead atoms. The number of aromatic amines is 1. The minimum Gasteiger partial charge on any atom is -0.480 e. The van der Waals surface area contributed by atoms with Crippen molar-refractivity contribution in [3.63, 3.8) is 0 Å². The zero-order valence-electron chi connectivity index (χ0n) is 8.49. The topological polar surface area (TPSA) is 73.4 Å². The highest BCUT2D eigenvalue weighted by Gasteiger charge is 2.34. The first-order chi connectivity index (χ1) is 7.79. The van der Waals surface area contributed by atoms with Crippen molar-refractivity contribution in [2.24, 2.45) is 0 Å². The van der Waals surface area contributed by atoms with Crippen molar-refractivity contribution in [3.05, 3.63) is 24.0 Å². The summed E-state index contributed by atoms with van der Waals surface area (Å²) >= 11 is 0. The molecule has 0 aromatic carbocycles. The molecule has 0 fully saturated rings. The highest BCUT2D eigenvalue weighted by atomic mass is 19.4. The Bertz CT molecular complexity index is 400. The Labute approximate surface area is 93.8 Å². The third-order valence-corrected chi connectivity index (χ3v) is 1.81. The molecule has 0 saturated carbocycles. The van der Waals surface area contributed by atoms with Crippen molar-refractivity contribution in [2.75, 3.05) is 13.1 Å². The Hall–Kier alpha value is -1.99. The maximum Gasteiger partial charge on any atom is 0.406 e. The highest BCUT2D eigenvalue weighted by Crippen LogP contribution is 2.17.